The monoisotopic (exact) mass is 850 g/mol. The summed E-state index contributed by atoms with van der Waals surface area (Å²) in [4.78, 5) is 62.2. The highest BCUT2D eigenvalue weighted by Crippen LogP contribution is 2.39. The molecule has 2 aliphatic heterocycles. The molecule has 5 aromatic rings. The number of aromatic amines is 2. The number of likely N-dealkylation sites (tertiary alicyclic amines) is 2. The van der Waals surface area contributed by atoms with Crippen LogP contribution in [0.5, 0.6) is 0 Å². The summed E-state index contributed by atoms with van der Waals surface area (Å²) in [5.41, 5.74) is 5.85. The quantitative estimate of drug-likeness (QED) is 0.0780. The zero-order chi connectivity index (χ0) is 43.8. The Balaban J connectivity index is 0.919. The zero-order valence-corrected chi connectivity index (χ0v) is 36.6. The van der Waals surface area contributed by atoms with Crippen LogP contribution in [-0.2, 0) is 23.9 Å². The third kappa shape index (κ3) is 8.63. The van der Waals surface area contributed by atoms with E-state index in [1.165, 1.54) is 0 Å². The number of aromatic nitrogens is 4. The third-order valence-electron chi connectivity index (χ3n) is 13.3. The number of hydrogen-bond donors (Lipinski definition) is 4. The zero-order valence-electron chi connectivity index (χ0n) is 36.6. The van der Waals surface area contributed by atoms with Gasteiger partial charge in [-0.25, -0.2) is 9.97 Å². The number of allylic oxidation sites excluding steroid dienone is 3. The van der Waals surface area contributed by atoms with Gasteiger partial charge in [0, 0.05) is 43.3 Å². The van der Waals surface area contributed by atoms with E-state index in [0.717, 1.165) is 81.5 Å². The van der Waals surface area contributed by atoms with Crippen molar-refractivity contribution in [3.05, 3.63) is 109 Å². The molecule has 13 heteroatoms. The van der Waals surface area contributed by atoms with Crippen LogP contribution in [0.25, 0.3) is 44.2 Å². The molecule has 4 aliphatic rings. The number of rotatable bonds is 15. The van der Waals surface area contributed by atoms with Gasteiger partial charge in [0.25, 0.3) is 0 Å². The Hall–Kier alpha value is -6.21. The minimum atomic E-state index is -0.642. The average Bonchev–Trinajstić information content (AvgIpc) is 3.66. The van der Waals surface area contributed by atoms with Gasteiger partial charge in [-0.2, -0.15) is 0 Å². The summed E-state index contributed by atoms with van der Waals surface area (Å²) in [6.07, 6.45) is 14.8. The minimum Gasteiger partial charge on any atom is -0.483 e. The van der Waals surface area contributed by atoms with Crippen molar-refractivity contribution in [3.63, 3.8) is 0 Å². The number of nitrogens with one attached hydrogen (secondary N) is 4. The van der Waals surface area contributed by atoms with Crippen molar-refractivity contribution < 1.29 is 23.9 Å². The fourth-order valence-electron chi connectivity index (χ4n) is 9.67. The van der Waals surface area contributed by atoms with Crippen molar-refractivity contribution in [2.45, 2.75) is 76.5 Å². The SMILES string of the molecule is C=C(N[C@H](C(=O)N1CCC[C@H]1c1nc2c(ccc3cc(-c4ccc(-c5cnc([C@@H]6C[C@H](COC)CN6C(=O)[C@H](NC(=O)C6CC6)C6C=CC=CC6)[nH]5)cc4)ccc32)[nH]1)C(C)C)OC. The van der Waals surface area contributed by atoms with E-state index in [9.17, 15) is 14.4 Å². The minimum absolute atomic E-state index is 0.00444. The summed E-state index contributed by atoms with van der Waals surface area (Å²) in [6.45, 7) is 9.66. The summed E-state index contributed by atoms with van der Waals surface area (Å²) in [5, 5.41) is 8.43. The van der Waals surface area contributed by atoms with Crippen molar-refractivity contribution in [2.75, 3.05) is 33.9 Å². The Morgan fingerprint density at radius 3 is 2.41 bits per heavy atom. The van der Waals surface area contributed by atoms with Gasteiger partial charge < -0.3 is 39.9 Å². The van der Waals surface area contributed by atoms with Crippen LogP contribution in [-0.4, -0.2) is 93.5 Å². The van der Waals surface area contributed by atoms with Crippen molar-refractivity contribution in [2.24, 2.45) is 23.7 Å². The molecule has 2 aliphatic carbocycles. The molecule has 4 heterocycles. The lowest BCUT2D eigenvalue weighted by molar-refractivity contribution is -0.139. The molecule has 3 amide bonds. The van der Waals surface area contributed by atoms with Gasteiger partial charge in [0.15, 0.2) is 5.88 Å². The maximum Gasteiger partial charge on any atom is 0.246 e. The average molecular weight is 851 g/mol. The number of nitrogens with zero attached hydrogens (tertiary/aromatic N) is 4. The standard InChI is InChI=1S/C50H58N8O5/c1-29(2)43(52-30(3)63-5)49(60)57-23-9-12-41(57)47-53-39-22-20-37-25-36(19-21-38(37)45(39)55-47)32-13-15-33(16-14-32)40-26-51-46(54-40)42-24-31(28-62-4)27-58(42)50(61)44(34-10-7-6-8-11-34)56-48(59)35-17-18-35/h6-8,10,13-16,19-22,25-26,29,31,34-35,41-44,52H,3,9,11-12,17-18,23-24,27-28H2,1-2,4-5H3,(H,51,54)(H,53,55)(H,56,59)/t31-,34?,41-,42-,43-,44+/m0/s1. The summed E-state index contributed by atoms with van der Waals surface area (Å²) in [5.74, 6) is 1.91. The van der Waals surface area contributed by atoms with Gasteiger partial charge in [-0.3, -0.25) is 14.4 Å². The van der Waals surface area contributed by atoms with E-state index in [1.54, 1.807) is 14.2 Å². The summed E-state index contributed by atoms with van der Waals surface area (Å²) in [6, 6.07) is 17.6. The summed E-state index contributed by atoms with van der Waals surface area (Å²) in [7, 11) is 3.24. The van der Waals surface area contributed by atoms with E-state index in [0.29, 0.717) is 38.4 Å². The number of benzene rings is 3. The smallest absolute Gasteiger partial charge is 0.246 e. The molecular formula is C50H58N8O5. The summed E-state index contributed by atoms with van der Waals surface area (Å²) >= 11 is 0. The molecule has 6 atom stereocenters. The van der Waals surface area contributed by atoms with Gasteiger partial charge in [-0.05, 0) is 85.2 Å². The molecule has 63 heavy (non-hydrogen) atoms. The normalized spacial score (nSPS) is 21.9. The van der Waals surface area contributed by atoms with Gasteiger partial charge >= 0.3 is 0 Å². The van der Waals surface area contributed by atoms with Gasteiger partial charge in [-0.15, -0.1) is 0 Å². The Morgan fingerprint density at radius 2 is 1.68 bits per heavy atom. The van der Waals surface area contributed by atoms with E-state index >= 15 is 0 Å². The lowest BCUT2D eigenvalue weighted by atomic mass is 9.91. The molecule has 2 aromatic heterocycles. The Morgan fingerprint density at radius 1 is 0.889 bits per heavy atom. The Labute approximate surface area is 368 Å². The molecule has 3 fully saturated rings. The van der Waals surface area contributed by atoms with Crippen molar-refractivity contribution in [3.8, 4) is 22.4 Å². The first kappa shape index (κ1) is 42.1. The first-order chi connectivity index (χ1) is 30.6. The Kier molecular flexibility index (Phi) is 11.9. The molecule has 3 aromatic carbocycles. The first-order valence-electron chi connectivity index (χ1n) is 22.4. The number of H-pyrrole nitrogens is 2. The number of imidazole rings is 2. The second kappa shape index (κ2) is 17.9. The van der Waals surface area contributed by atoms with Crippen molar-refractivity contribution in [1.29, 1.82) is 0 Å². The highest BCUT2D eigenvalue weighted by molar-refractivity contribution is 6.05. The van der Waals surface area contributed by atoms with E-state index < -0.39 is 12.1 Å². The lowest BCUT2D eigenvalue weighted by Crippen LogP contribution is -2.52. The summed E-state index contributed by atoms with van der Waals surface area (Å²) < 4.78 is 10.8. The van der Waals surface area contributed by atoms with E-state index in [2.05, 4.69) is 87.9 Å². The number of carbonyl (C=O) groups excluding carboxylic acids is 3. The predicted octanol–water partition coefficient (Wildman–Crippen LogP) is 7.73. The van der Waals surface area contributed by atoms with Gasteiger partial charge in [0.2, 0.25) is 17.7 Å². The largest absolute Gasteiger partial charge is 0.483 e. The van der Waals surface area contributed by atoms with Crippen LogP contribution in [0.15, 0.2) is 97.6 Å². The molecule has 9 rings (SSSR count). The molecule has 0 radical (unpaired) electrons. The molecular weight excluding hydrogens is 793 g/mol. The Bertz CT molecular complexity index is 2570. The molecule has 328 valence electrons. The number of fused-ring (bicyclic) bond motifs is 3. The number of amides is 3. The van der Waals surface area contributed by atoms with Crippen LogP contribution < -0.4 is 10.6 Å². The highest BCUT2D eigenvalue weighted by atomic mass is 16.5. The van der Waals surface area contributed by atoms with Crippen LogP contribution >= 0.6 is 0 Å². The molecule has 1 unspecified atom stereocenters. The fraction of sp³-hybridized carbons (Fsp3) is 0.420. The van der Waals surface area contributed by atoms with Gasteiger partial charge in [0.1, 0.15) is 23.7 Å². The van der Waals surface area contributed by atoms with E-state index in [4.69, 9.17) is 19.4 Å². The molecule has 13 nitrogen and oxygen atoms in total. The van der Waals surface area contributed by atoms with Crippen LogP contribution in [0.1, 0.15) is 76.1 Å². The van der Waals surface area contributed by atoms with Crippen LogP contribution in [0.4, 0.5) is 0 Å². The molecule has 0 bridgehead atoms. The lowest BCUT2D eigenvalue weighted by Gasteiger charge is -2.32. The van der Waals surface area contributed by atoms with E-state index in [-0.39, 0.29) is 53.5 Å². The molecule has 0 spiro atoms. The third-order valence-corrected chi connectivity index (χ3v) is 13.3. The van der Waals surface area contributed by atoms with E-state index in [1.807, 2.05) is 48.1 Å². The fourth-order valence-corrected chi connectivity index (χ4v) is 9.67. The van der Waals surface area contributed by atoms with Gasteiger partial charge in [0.05, 0.1) is 48.7 Å². The van der Waals surface area contributed by atoms with Crippen molar-refractivity contribution >= 4 is 39.5 Å². The predicted molar refractivity (Wildman–Crippen MR) is 244 cm³/mol. The van der Waals surface area contributed by atoms with Crippen molar-refractivity contribution in [1.82, 2.24) is 40.4 Å². The van der Waals surface area contributed by atoms with Crippen LogP contribution in [0.3, 0.4) is 0 Å². The maximum absolute atomic E-state index is 14.5. The van der Waals surface area contributed by atoms with Gasteiger partial charge in [-0.1, -0.05) is 80.6 Å². The van der Waals surface area contributed by atoms with Crippen LogP contribution in [0.2, 0.25) is 0 Å². The highest BCUT2D eigenvalue weighted by Gasteiger charge is 2.44. The number of methoxy groups -OCH3 is 2. The molecule has 4 N–H and O–H groups in total. The second-order valence-electron chi connectivity index (χ2n) is 18.0. The number of hydrogen-bond acceptors (Lipinski definition) is 8. The number of ether oxygens (including phenoxy) is 2. The molecule has 1 saturated carbocycles. The molecule has 2 saturated heterocycles. The maximum atomic E-state index is 14.5. The number of carbonyl (C=O) groups is 3. The topological polar surface area (TPSA) is 158 Å². The second-order valence-corrected chi connectivity index (χ2v) is 18.0. The first-order valence-corrected chi connectivity index (χ1v) is 22.4. The van der Waals surface area contributed by atoms with Crippen LogP contribution in [0, 0.1) is 23.7 Å².